The molecule has 11 heteroatoms. The molecule has 4 rings (SSSR count). The summed E-state index contributed by atoms with van der Waals surface area (Å²) in [5.74, 6) is -0.138. The molecule has 0 aromatic carbocycles. The molecular formula is C20H20F3N7O. The number of carbonyl (C=O) groups excluding carboxylic acids is 1. The first-order chi connectivity index (χ1) is 14.9. The fourth-order valence-corrected chi connectivity index (χ4v) is 3.57. The molecule has 1 fully saturated rings. The number of nitrogens with one attached hydrogen (secondary N) is 1. The Morgan fingerprint density at radius 3 is 2.81 bits per heavy atom. The Morgan fingerprint density at radius 2 is 2.10 bits per heavy atom. The zero-order chi connectivity index (χ0) is 21.8. The Kier molecular flexibility index (Phi) is 5.83. The van der Waals surface area contributed by atoms with Gasteiger partial charge < -0.3 is 10.2 Å². The topological polar surface area (TPSA) is 88.8 Å². The lowest BCUT2D eigenvalue weighted by atomic mass is 9.96. The van der Waals surface area contributed by atoms with Crippen LogP contribution in [0, 0.1) is 5.92 Å². The van der Waals surface area contributed by atoms with E-state index in [1.807, 2.05) is 6.07 Å². The predicted molar refractivity (Wildman–Crippen MR) is 105 cm³/mol. The fourth-order valence-electron chi connectivity index (χ4n) is 3.57. The van der Waals surface area contributed by atoms with Crippen molar-refractivity contribution in [2.24, 2.45) is 5.92 Å². The van der Waals surface area contributed by atoms with Gasteiger partial charge in [-0.05, 0) is 36.6 Å². The van der Waals surface area contributed by atoms with E-state index in [1.54, 1.807) is 17.2 Å². The maximum absolute atomic E-state index is 13.3. The Bertz CT molecular complexity index is 1020. The van der Waals surface area contributed by atoms with Crippen LogP contribution in [0.4, 0.5) is 19.0 Å². The summed E-state index contributed by atoms with van der Waals surface area (Å²) in [5, 5.41) is 6.85. The minimum Gasteiger partial charge on any atom is -0.355 e. The van der Waals surface area contributed by atoms with Gasteiger partial charge in [0, 0.05) is 32.0 Å². The van der Waals surface area contributed by atoms with Crippen LogP contribution in [0.5, 0.6) is 0 Å². The molecule has 1 aliphatic rings. The van der Waals surface area contributed by atoms with E-state index in [4.69, 9.17) is 0 Å². The van der Waals surface area contributed by atoms with Crippen molar-refractivity contribution < 1.29 is 18.0 Å². The Hall–Kier alpha value is -3.50. The summed E-state index contributed by atoms with van der Waals surface area (Å²) in [6.45, 7) is 0.893. The first kappa shape index (κ1) is 20.8. The molecule has 4 heterocycles. The molecule has 1 atom stereocenters. The second-order valence-corrected chi connectivity index (χ2v) is 7.24. The summed E-state index contributed by atoms with van der Waals surface area (Å²) in [5.41, 5.74) is 0.0172. The van der Waals surface area contributed by atoms with Gasteiger partial charge in [0.1, 0.15) is 18.5 Å². The third-order valence-electron chi connectivity index (χ3n) is 5.11. The number of anilines is 1. The molecule has 31 heavy (non-hydrogen) atoms. The molecule has 3 aromatic rings. The highest BCUT2D eigenvalue weighted by atomic mass is 19.4. The van der Waals surface area contributed by atoms with Gasteiger partial charge in [-0.15, -0.1) is 0 Å². The average molecular weight is 431 g/mol. The summed E-state index contributed by atoms with van der Waals surface area (Å²) in [4.78, 5) is 26.3. The zero-order valence-corrected chi connectivity index (χ0v) is 16.5. The summed E-state index contributed by atoms with van der Waals surface area (Å²) >= 11 is 0. The normalized spacial score (nSPS) is 16.9. The highest BCUT2D eigenvalue weighted by Crippen LogP contribution is 2.36. The number of amides is 1. The van der Waals surface area contributed by atoms with E-state index >= 15 is 0 Å². The van der Waals surface area contributed by atoms with Gasteiger partial charge in [-0.1, -0.05) is 6.07 Å². The standard InChI is InChI=1S/C20H20F3N7O/c21-20(22,23)16-4-1-7-25-18(16)29-8-2-3-15(11-29)19(31)27-10-14-5-6-17(26-9-14)30-13-24-12-28-30/h1,4-7,9,12-13,15H,2-3,8,10-11H2,(H,27,31)/t15-/m1/s1. The number of aromatic nitrogens is 5. The zero-order valence-electron chi connectivity index (χ0n) is 16.5. The average Bonchev–Trinajstić information content (AvgIpc) is 3.32. The van der Waals surface area contributed by atoms with Crippen molar-refractivity contribution in [1.29, 1.82) is 0 Å². The van der Waals surface area contributed by atoms with Gasteiger partial charge in [0.25, 0.3) is 0 Å². The molecule has 0 unspecified atom stereocenters. The summed E-state index contributed by atoms with van der Waals surface area (Å²) in [6, 6.07) is 5.86. The molecule has 0 aliphatic carbocycles. The Balaban J connectivity index is 1.37. The molecule has 0 radical (unpaired) electrons. The van der Waals surface area contributed by atoms with Crippen molar-refractivity contribution in [3.63, 3.8) is 0 Å². The molecule has 1 aliphatic heterocycles. The number of pyridine rings is 2. The van der Waals surface area contributed by atoms with Gasteiger partial charge >= 0.3 is 6.18 Å². The minimum absolute atomic E-state index is 0.125. The smallest absolute Gasteiger partial charge is 0.355 e. The third kappa shape index (κ3) is 4.81. The van der Waals surface area contributed by atoms with Crippen molar-refractivity contribution in [3.05, 3.63) is 60.4 Å². The van der Waals surface area contributed by atoms with Crippen LogP contribution < -0.4 is 10.2 Å². The quantitative estimate of drug-likeness (QED) is 0.668. The molecule has 3 aromatic heterocycles. The fraction of sp³-hybridized carbons (Fsp3) is 0.350. The molecule has 0 saturated carbocycles. The molecule has 162 valence electrons. The second-order valence-electron chi connectivity index (χ2n) is 7.24. The Labute approximate surface area is 176 Å². The molecule has 1 amide bonds. The lowest BCUT2D eigenvalue weighted by molar-refractivity contribution is -0.137. The van der Waals surface area contributed by atoms with E-state index < -0.39 is 17.7 Å². The first-order valence-electron chi connectivity index (χ1n) is 9.76. The van der Waals surface area contributed by atoms with Crippen molar-refractivity contribution >= 4 is 11.7 Å². The molecule has 0 spiro atoms. The van der Waals surface area contributed by atoms with Gasteiger partial charge in [0.15, 0.2) is 5.82 Å². The lowest BCUT2D eigenvalue weighted by Gasteiger charge is -2.34. The number of halogens is 3. The van der Waals surface area contributed by atoms with Crippen LogP contribution in [0.15, 0.2) is 49.3 Å². The molecule has 1 N–H and O–H groups in total. The van der Waals surface area contributed by atoms with Gasteiger partial charge in [-0.3, -0.25) is 4.79 Å². The van der Waals surface area contributed by atoms with Crippen molar-refractivity contribution in [2.45, 2.75) is 25.6 Å². The van der Waals surface area contributed by atoms with Crippen LogP contribution in [-0.4, -0.2) is 43.7 Å². The molecule has 1 saturated heterocycles. The predicted octanol–water partition coefficient (Wildman–Crippen LogP) is 2.61. The lowest BCUT2D eigenvalue weighted by Crippen LogP contribution is -2.43. The first-order valence-corrected chi connectivity index (χ1v) is 9.76. The monoisotopic (exact) mass is 431 g/mol. The van der Waals surface area contributed by atoms with Gasteiger partial charge in [-0.25, -0.2) is 19.6 Å². The molecule has 0 bridgehead atoms. The van der Waals surface area contributed by atoms with E-state index in [9.17, 15) is 18.0 Å². The van der Waals surface area contributed by atoms with Crippen molar-refractivity contribution in [1.82, 2.24) is 30.0 Å². The molecular weight excluding hydrogens is 411 g/mol. The van der Waals surface area contributed by atoms with E-state index in [2.05, 4.69) is 25.4 Å². The summed E-state index contributed by atoms with van der Waals surface area (Å²) in [6.07, 6.45) is 2.64. The SMILES string of the molecule is O=C(NCc1ccc(-n2cncn2)nc1)[C@@H]1CCCN(c2ncccc2C(F)(F)F)C1. The minimum atomic E-state index is -4.50. The van der Waals surface area contributed by atoms with Gasteiger partial charge in [0.05, 0.1) is 11.5 Å². The van der Waals surface area contributed by atoms with Crippen LogP contribution in [0.3, 0.4) is 0 Å². The number of rotatable bonds is 5. The highest BCUT2D eigenvalue weighted by Gasteiger charge is 2.37. The van der Waals surface area contributed by atoms with E-state index in [-0.39, 0.29) is 24.8 Å². The second kappa shape index (κ2) is 8.70. The van der Waals surface area contributed by atoms with Crippen LogP contribution in [0.1, 0.15) is 24.0 Å². The number of piperidine rings is 1. The number of nitrogens with zero attached hydrogens (tertiary/aromatic N) is 6. The molecule has 8 nitrogen and oxygen atoms in total. The highest BCUT2D eigenvalue weighted by molar-refractivity contribution is 5.79. The van der Waals surface area contributed by atoms with Gasteiger partial charge in [0.2, 0.25) is 5.91 Å². The van der Waals surface area contributed by atoms with Crippen molar-refractivity contribution in [3.8, 4) is 5.82 Å². The van der Waals surface area contributed by atoms with Crippen LogP contribution in [0.2, 0.25) is 0 Å². The van der Waals surface area contributed by atoms with E-state index in [0.29, 0.717) is 25.2 Å². The largest absolute Gasteiger partial charge is 0.419 e. The van der Waals surface area contributed by atoms with Crippen LogP contribution in [0.25, 0.3) is 5.82 Å². The van der Waals surface area contributed by atoms with E-state index in [0.717, 1.165) is 11.6 Å². The number of hydrogen-bond donors (Lipinski definition) is 1. The van der Waals surface area contributed by atoms with Crippen LogP contribution in [-0.2, 0) is 17.5 Å². The Morgan fingerprint density at radius 1 is 1.23 bits per heavy atom. The number of hydrogen-bond acceptors (Lipinski definition) is 6. The summed E-state index contributed by atoms with van der Waals surface area (Å²) < 4.78 is 41.5. The number of alkyl halides is 3. The van der Waals surface area contributed by atoms with E-state index in [1.165, 1.54) is 29.6 Å². The van der Waals surface area contributed by atoms with Crippen molar-refractivity contribution in [2.75, 3.05) is 18.0 Å². The number of carbonyl (C=O) groups is 1. The van der Waals surface area contributed by atoms with Gasteiger partial charge in [-0.2, -0.15) is 18.3 Å². The summed E-state index contributed by atoms with van der Waals surface area (Å²) in [7, 11) is 0. The third-order valence-corrected chi connectivity index (χ3v) is 5.11. The maximum Gasteiger partial charge on any atom is 0.419 e. The maximum atomic E-state index is 13.3. The van der Waals surface area contributed by atoms with Crippen LogP contribution >= 0.6 is 0 Å².